The zero-order valence-electron chi connectivity index (χ0n) is 4.71. The Balaban J connectivity index is 3.89. The van der Waals surface area contributed by atoms with Gasteiger partial charge >= 0.3 is 0 Å². The molecule has 0 saturated carbocycles. The summed E-state index contributed by atoms with van der Waals surface area (Å²) in [7, 11) is 0. The number of allylic oxidation sites excluding steroid dienone is 1. The average Bonchev–Trinajstić information content (AvgIpc) is 1.21. The Morgan fingerprint density at radius 2 is 1.62 bits per heavy atom. The van der Waals surface area contributed by atoms with Gasteiger partial charge in [0.05, 0.1) is 0 Å². The molecule has 0 aromatic rings. The lowest BCUT2D eigenvalue weighted by molar-refractivity contribution is 1.41. The van der Waals surface area contributed by atoms with Gasteiger partial charge in [-0.2, -0.15) is 0 Å². The zero-order chi connectivity index (χ0) is 6.78. The highest BCUT2D eigenvalue weighted by molar-refractivity contribution is 14.4. The number of hydrogen-bond donors (Lipinski definition) is 0. The van der Waals surface area contributed by atoms with Gasteiger partial charge in [0.1, 0.15) is 0 Å². The molecule has 0 unspecified atom stereocenters. The van der Waals surface area contributed by atoms with E-state index in [9.17, 15) is 0 Å². The van der Waals surface area contributed by atoms with Crippen LogP contribution in [-0.2, 0) is 0 Å². The first-order chi connectivity index (χ1) is 3.42. The first kappa shape index (κ1) is 10.1. The van der Waals surface area contributed by atoms with Crippen molar-refractivity contribution in [3.05, 3.63) is 11.3 Å². The number of halogens is 3. The third kappa shape index (κ3) is 8.15. The lowest BCUT2D eigenvalue weighted by Crippen LogP contribution is -2.00. The van der Waals surface area contributed by atoms with Crippen LogP contribution in [0.4, 0.5) is 0 Å². The molecule has 0 N–H and O–H groups in total. The van der Waals surface area contributed by atoms with Crippen molar-refractivity contribution < 1.29 is 0 Å². The highest BCUT2D eigenvalue weighted by Gasteiger charge is 2.16. The van der Waals surface area contributed by atoms with E-state index in [-0.39, 0.29) is 0 Å². The fourth-order valence-corrected chi connectivity index (χ4v) is 6.59. The molecule has 0 rings (SSSR count). The summed E-state index contributed by atoms with van der Waals surface area (Å²) < 4.78 is -0.972. The average molecular weight is 464 g/mol. The van der Waals surface area contributed by atoms with E-state index < -0.39 is 0.564 Å². The molecule has 8 heavy (non-hydrogen) atoms. The van der Waals surface area contributed by atoms with Gasteiger partial charge < -0.3 is 0 Å². The van der Waals surface area contributed by atoms with Crippen molar-refractivity contribution in [2.24, 2.45) is 0 Å². The van der Waals surface area contributed by atoms with Crippen LogP contribution in [0.3, 0.4) is 0 Å². The number of rotatable bonds is 1. The molecule has 48 valence electrons. The summed E-state index contributed by atoms with van der Waals surface area (Å²) in [5.41, 5.74) is 3.81. The molecule has 0 fully saturated rings. The highest BCUT2D eigenvalue weighted by atomic mass is 127. The van der Waals surface area contributed by atoms with Gasteiger partial charge in [-0.15, -0.1) is 0 Å². The molecule has 0 aromatic carbocycles. The van der Waals surface area contributed by atoms with Crippen LogP contribution in [-0.4, -0.2) is 0.564 Å². The lowest BCUT2D eigenvalue weighted by atomic mass is 10.4. The van der Waals surface area contributed by atoms with Gasteiger partial charge in [-0.1, -0.05) is 76.7 Å². The fraction of sp³-hybridized carbons (Fsp3) is 0.500. The topological polar surface area (TPSA) is 0 Å². The van der Waals surface area contributed by atoms with E-state index in [4.69, 9.17) is 0 Å². The zero-order valence-corrected chi connectivity index (χ0v) is 12.2. The van der Waals surface area contributed by atoms with Crippen LogP contribution in [0.15, 0.2) is 11.3 Å². The third-order valence-electron chi connectivity index (χ3n) is 0.452. The Kier molecular flexibility index (Phi) is 5.22. The van der Waals surface area contributed by atoms with Crippen molar-refractivity contribution in [2.75, 3.05) is 0 Å². The minimum atomic E-state index is -0.972. The molecule has 4 heteroatoms. The standard InChI is InChI=1S/C4H7I3Si/c1-4(2)3-8(5,6)7/h3H,1-2H3. The molecule has 0 amide bonds. The van der Waals surface area contributed by atoms with Gasteiger partial charge in [0, 0.05) is 0 Å². The molecule has 0 nitrogen and oxygen atoms in total. The minimum Gasteiger partial charge on any atom is -0.0860 e. The normalized spacial score (nSPS) is 11.1. The maximum Gasteiger partial charge on any atom is 0.276 e. The number of hydrogen-bond acceptors (Lipinski definition) is 0. The molecule has 0 atom stereocenters. The van der Waals surface area contributed by atoms with E-state index in [0.717, 1.165) is 0 Å². The van der Waals surface area contributed by atoms with Crippen molar-refractivity contribution in [1.82, 2.24) is 0 Å². The van der Waals surface area contributed by atoms with Crippen molar-refractivity contribution >= 4 is 66.0 Å². The van der Waals surface area contributed by atoms with E-state index in [2.05, 4.69) is 84.9 Å². The third-order valence-corrected chi connectivity index (χ3v) is 4.16. The summed E-state index contributed by atoms with van der Waals surface area (Å²) in [6.45, 7) is 4.30. The second-order valence-corrected chi connectivity index (χ2v) is 37.0. The maximum atomic E-state index is 2.53. The van der Waals surface area contributed by atoms with Gasteiger partial charge in [0.2, 0.25) is 0 Å². The second kappa shape index (κ2) is 4.11. The molecule has 0 radical (unpaired) electrons. The van der Waals surface area contributed by atoms with E-state index in [1.165, 1.54) is 5.57 Å². The van der Waals surface area contributed by atoms with E-state index in [0.29, 0.717) is 0 Å². The van der Waals surface area contributed by atoms with Crippen LogP contribution in [0.25, 0.3) is 0 Å². The first-order valence-electron chi connectivity index (χ1n) is 2.14. The highest BCUT2D eigenvalue weighted by Crippen LogP contribution is 2.31. The Hall–Kier alpha value is 2.15. The lowest BCUT2D eigenvalue weighted by Gasteiger charge is -2.01. The van der Waals surface area contributed by atoms with E-state index in [1.807, 2.05) is 0 Å². The van der Waals surface area contributed by atoms with E-state index >= 15 is 0 Å². The Labute approximate surface area is 89.5 Å². The van der Waals surface area contributed by atoms with Crippen LogP contribution in [0.5, 0.6) is 0 Å². The van der Waals surface area contributed by atoms with Crippen molar-refractivity contribution in [3.63, 3.8) is 0 Å². The summed E-state index contributed by atoms with van der Waals surface area (Å²) in [5.74, 6) is 0. The fourth-order valence-electron chi connectivity index (χ4n) is 0.327. The summed E-state index contributed by atoms with van der Waals surface area (Å²) >= 11 is 7.58. The van der Waals surface area contributed by atoms with E-state index in [1.54, 1.807) is 0 Å². The second-order valence-electron chi connectivity index (χ2n) is 1.76. The van der Waals surface area contributed by atoms with Crippen LogP contribution in [0, 0.1) is 0 Å². The summed E-state index contributed by atoms with van der Waals surface area (Å²) in [4.78, 5) is 0. The smallest absolute Gasteiger partial charge is 0.0860 e. The molecule has 0 saturated heterocycles. The quantitative estimate of drug-likeness (QED) is 0.316. The molecular formula is C4H7I3Si. The van der Waals surface area contributed by atoms with Crippen molar-refractivity contribution in [2.45, 2.75) is 13.8 Å². The predicted octanol–water partition coefficient (Wildman–Crippen LogP) is 3.74. The van der Waals surface area contributed by atoms with Gasteiger partial charge in [-0.05, 0) is 13.8 Å². The van der Waals surface area contributed by atoms with Crippen LogP contribution in [0.2, 0.25) is 0 Å². The van der Waals surface area contributed by atoms with Gasteiger partial charge in [-0.25, -0.2) is 0 Å². The minimum absolute atomic E-state index is 0.972. The van der Waals surface area contributed by atoms with Gasteiger partial charge in [0.15, 0.2) is 0 Å². The molecule has 0 heterocycles. The van der Waals surface area contributed by atoms with Gasteiger partial charge in [-0.3, -0.25) is 0 Å². The molecule has 0 bridgehead atoms. The van der Waals surface area contributed by atoms with Crippen molar-refractivity contribution in [1.29, 1.82) is 0 Å². The van der Waals surface area contributed by atoms with Crippen LogP contribution < -0.4 is 0 Å². The predicted molar refractivity (Wildman–Crippen MR) is 67.2 cm³/mol. The molecular weight excluding hydrogens is 457 g/mol. The first-order valence-corrected chi connectivity index (χ1v) is 13.6. The van der Waals surface area contributed by atoms with Crippen molar-refractivity contribution in [3.8, 4) is 0 Å². The van der Waals surface area contributed by atoms with Gasteiger partial charge in [0.25, 0.3) is 0.564 Å². The van der Waals surface area contributed by atoms with Crippen LogP contribution >= 0.6 is 65.4 Å². The Morgan fingerprint density at radius 1 is 1.25 bits per heavy atom. The monoisotopic (exact) mass is 464 g/mol. The largest absolute Gasteiger partial charge is 0.276 e. The summed E-state index contributed by atoms with van der Waals surface area (Å²) in [6.07, 6.45) is 0. The molecule has 0 aliphatic heterocycles. The molecule has 0 aliphatic carbocycles. The SMILES string of the molecule is CC(C)=C[Si](I)(I)I. The van der Waals surface area contributed by atoms with Crippen LogP contribution in [0.1, 0.15) is 13.8 Å². The Morgan fingerprint density at radius 3 is 1.62 bits per heavy atom. The summed E-state index contributed by atoms with van der Waals surface area (Å²) in [5, 5.41) is 0. The molecule has 0 aromatic heterocycles. The molecule has 0 spiro atoms. The summed E-state index contributed by atoms with van der Waals surface area (Å²) in [6, 6.07) is 0. The maximum absolute atomic E-state index is 2.53. The molecule has 0 aliphatic rings. The Bertz CT molecular complexity index is 98.3.